The lowest BCUT2D eigenvalue weighted by atomic mass is 9.89. The van der Waals surface area contributed by atoms with Crippen LogP contribution in [-0.2, 0) is 20.2 Å². The molecule has 0 unspecified atom stereocenters. The zero-order chi connectivity index (χ0) is 21.4. The van der Waals surface area contributed by atoms with E-state index >= 15 is 0 Å². The Hall–Kier alpha value is -2.85. The Balaban J connectivity index is 1.45. The summed E-state index contributed by atoms with van der Waals surface area (Å²) in [7, 11) is -3.38. The lowest BCUT2D eigenvalue weighted by Gasteiger charge is -2.21. The number of rotatable bonds is 7. The molecule has 3 aromatic rings. The number of thiazole rings is 1. The van der Waals surface area contributed by atoms with Crippen LogP contribution in [0.1, 0.15) is 32.4 Å². The summed E-state index contributed by atoms with van der Waals surface area (Å²) in [6.45, 7) is 3.51. The van der Waals surface area contributed by atoms with Crippen LogP contribution in [0.2, 0.25) is 0 Å². The van der Waals surface area contributed by atoms with Crippen LogP contribution in [0, 0.1) is 0 Å². The number of benzene rings is 1. The van der Waals surface area contributed by atoms with Crippen molar-refractivity contribution >= 4 is 38.1 Å². The maximum atomic E-state index is 12.9. The van der Waals surface area contributed by atoms with Crippen LogP contribution in [0.25, 0.3) is 11.4 Å². The van der Waals surface area contributed by atoms with Gasteiger partial charge >= 0.3 is 0 Å². The first-order chi connectivity index (χ1) is 14.3. The van der Waals surface area contributed by atoms with E-state index < -0.39 is 15.4 Å². The number of carbonyl (C=O) groups is 1. The largest absolute Gasteiger partial charge is 0.325 e. The summed E-state index contributed by atoms with van der Waals surface area (Å²) < 4.78 is 26.7. The molecule has 4 rings (SSSR count). The maximum absolute atomic E-state index is 12.9. The normalized spacial score (nSPS) is 14.3. The van der Waals surface area contributed by atoms with E-state index in [2.05, 4.69) is 25.0 Å². The molecular weight excluding hydrogens is 422 g/mol. The van der Waals surface area contributed by atoms with Crippen molar-refractivity contribution in [3.63, 3.8) is 0 Å². The Labute approximate surface area is 178 Å². The van der Waals surface area contributed by atoms with Gasteiger partial charge in [0.15, 0.2) is 11.0 Å². The van der Waals surface area contributed by atoms with Crippen molar-refractivity contribution in [3.8, 4) is 11.4 Å². The van der Waals surface area contributed by atoms with Gasteiger partial charge in [-0.25, -0.2) is 23.4 Å². The van der Waals surface area contributed by atoms with E-state index in [1.165, 1.54) is 11.3 Å². The van der Waals surface area contributed by atoms with Crippen LogP contribution in [0.15, 0.2) is 48.1 Å². The summed E-state index contributed by atoms with van der Waals surface area (Å²) >= 11 is 1.18. The Morgan fingerprint density at radius 3 is 2.43 bits per heavy atom. The Kier molecular flexibility index (Phi) is 5.29. The van der Waals surface area contributed by atoms with Gasteiger partial charge in [0, 0.05) is 29.0 Å². The molecule has 1 aliphatic carbocycles. The van der Waals surface area contributed by atoms with Gasteiger partial charge in [-0.2, -0.15) is 0 Å². The number of nitrogens with zero attached hydrogens (tertiary/aromatic N) is 3. The quantitative estimate of drug-likeness (QED) is 0.578. The zero-order valence-corrected chi connectivity index (χ0v) is 18.1. The summed E-state index contributed by atoms with van der Waals surface area (Å²) in [4.78, 5) is 25.7. The average Bonchev–Trinajstić information content (AvgIpc) is 3.50. The van der Waals surface area contributed by atoms with Crippen molar-refractivity contribution in [3.05, 3.63) is 53.8 Å². The number of carbonyl (C=O) groups excluding carboxylic acids is 1. The predicted molar refractivity (Wildman–Crippen MR) is 117 cm³/mol. The molecule has 10 heteroatoms. The number of anilines is 2. The molecule has 2 heterocycles. The van der Waals surface area contributed by atoms with Gasteiger partial charge in [0.25, 0.3) is 0 Å². The predicted octanol–water partition coefficient (Wildman–Crippen LogP) is 3.42. The topological polar surface area (TPSA) is 114 Å². The molecule has 30 heavy (non-hydrogen) atoms. The van der Waals surface area contributed by atoms with E-state index in [9.17, 15) is 13.2 Å². The van der Waals surface area contributed by atoms with Crippen molar-refractivity contribution in [2.75, 3.05) is 10.0 Å². The third-order valence-electron chi connectivity index (χ3n) is 4.87. The second kappa shape index (κ2) is 7.77. The van der Waals surface area contributed by atoms with E-state index in [0.717, 1.165) is 5.56 Å². The molecule has 156 valence electrons. The van der Waals surface area contributed by atoms with Crippen LogP contribution in [0.5, 0.6) is 0 Å². The lowest BCUT2D eigenvalue weighted by Crippen LogP contribution is -2.35. The molecule has 1 saturated carbocycles. The van der Waals surface area contributed by atoms with E-state index in [1.807, 2.05) is 12.1 Å². The second-order valence-electron chi connectivity index (χ2n) is 7.61. The third kappa shape index (κ3) is 4.34. The minimum atomic E-state index is -3.38. The number of hydrogen-bond acceptors (Lipinski definition) is 7. The van der Waals surface area contributed by atoms with E-state index in [0.29, 0.717) is 30.0 Å². The van der Waals surface area contributed by atoms with Crippen molar-refractivity contribution in [1.82, 2.24) is 15.0 Å². The SMILES string of the molecule is CC(C)(C(=O)Nc1ccc(-c2ncccn2)cc1)c1csc(NS(=O)(=O)C2CC2)n1. The molecule has 0 bridgehead atoms. The first-order valence-electron chi connectivity index (χ1n) is 9.42. The molecule has 8 nitrogen and oxygen atoms in total. The monoisotopic (exact) mass is 443 g/mol. The summed E-state index contributed by atoms with van der Waals surface area (Å²) in [6, 6.07) is 9.00. The Bertz CT molecular complexity index is 1150. The number of hydrogen-bond donors (Lipinski definition) is 2. The molecule has 2 N–H and O–H groups in total. The molecule has 1 fully saturated rings. The van der Waals surface area contributed by atoms with E-state index in [-0.39, 0.29) is 16.3 Å². The Morgan fingerprint density at radius 2 is 1.80 bits per heavy atom. The molecule has 0 spiro atoms. The average molecular weight is 444 g/mol. The standard InChI is InChI=1S/C20H21N5O3S2/c1-20(2,16-12-29-19(24-16)25-30(27,28)15-8-9-15)18(26)23-14-6-4-13(5-7-14)17-21-10-3-11-22-17/h3-7,10-12,15H,8-9H2,1-2H3,(H,23,26)(H,24,25). The fourth-order valence-corrected chi connectivity index (χ4v) is 5.22. The number of sulfonamides is 1. The molecule has 0 radical (unpaired) electrons. The smallest absolute Gasteiger partial charge is 0.237 e. The van der Waals surface area contributed by atoms with Crippen LogP contribution in [-0.4, -0.2) is 34.5 Å². The molecule has 2 aromatic heterocycles. The highest BCUT2D eigenvalue weighted by Crippen LogP contribution is 2.33. The molecule has 1 aliphatic rings. The zero-order valence-electron chi connectivity index (χ0n) is 16.5. The van der Waals surface area contributed by atoms with Crippen LogP contribution in [0.4, 0.5) is 10.8 Å². The molecule has 1 amide bonds. The summed E-state index contributed by atoms with van der Waals surface area (Å²) in [5.41, 5.74) is 1.05. The van der Waals surface area contributed by atoms with Gasteiger partial charge in [-0.1, -0.05) is 0 Å². The van der Waals surface area contributed by atoms with Gasteiger partial charge in [0.05, 0.1) is 16.4 Å². The van der Waals surface area contributed by atoms with Gasteiger partial charge < -0.3 is 5.32 Å². The van der Waals surface area contributed by atoms with Crippen molar-refractivity contribution in [1.29, 1.82) is 0 Å². The molecule has 1 aromatic carbocycles. The van der Waals surface area contributed by atoms with Gasteiger partial charge in [-0.3, -0.25) is 9.52 Å². The molecule has 0 atom stereocenters. The molecular formula is C20H21N5O3S2. The summed E-state index contributed by atoms with van der Waals surface area (Å²) in [5.74, 6) is 0.368. The first kappa shape index (κ1) is 20.4. The lowest BCUT2D eigenvalue weighted by molar-refractivity contribution is -0.120. The highest BCUT2D eigenvalue weighted by Gasteiger charge is 2.37. The van der Waals surface area contributed by atoms with Crippen molar-refractivity contribution in [2.24, 2.45) is 0 Å². The van der Waals surface area contributed by atoms with E-state index in [4.69, 9.17) is 0 Å². The van der Waals surface area contributed by atoms with E-state index in [1.54, 1.807) is 49.8 Å². The molecule has 0 aliphatic heterocycles. The van der Waals surface area contributed by atoms with Crippen LogP contribution in [0.3, 0.4) is 0 Å². The highest BCUT2D eigenvalue weighted by atomic mass is 32.2. The number of aromatic nitrogens is 3. The van der Waals surface area contributed by atoms with Crippen LogP contribution < -0.4 is 10.0 Å². The fourth-order valence-electron chi connectivity index (χ4n) is 2.75. The highest BCUT2D eigenvalue weighted by molar-refractivity contribution is 7.93. The van der Waals surface area contributed by atoms with Gasteiger partial charge in [0.2, 0.25) is 15.9 Å². The summed E-state index contributed by atoms with van der Waals surface area (Å²) in [5, 5.41) is 4.55. The number of nitrogens with one attached hydrogen (secondary N) is 2. The summed E-state index contributed by atoms with van der Waals surface area (Å²) in [6.07, 6.45) is 4.70. The minimum absolute atomic E-state index is 0.242. The maximum Gasteiger partial charge on any atom is 0.237 e. The number of amides is 1. The Morgan fingerprint density at radius 1 is 1.13 bits per heavy atom. The first-order valence-corrected chi connectivity index (χ1v) is 11.8. The third-order valence-corrected chi connectivity index (χ3v) is 7.59. The fraction of sp³-hybridized carbons (Fsp3) is 0.300. The molecule has 0 saturated heterocycles. The van der Waals surface area contributed by atoms with Crippen molar-refractivity contribution in [2.45, 2.75) is 37.4 Å². The van der Waals surface area contributed by atoms with Crippen LogP contribution >= 0.6 is 11.3 Å². The minimum Gasteiger partial charge on any atom is -0.325 e. The van der Waals surface area contributed by atoms with Gasteiger partial charge in [-0.05, 0) is 57.0 Å². The van der Waals surface area contributed by atoms with Gasteiger partial charge in [-0.15, -0.1) is 11.3 Å². The van der Waals surface area contributed by atoms with Crippen molar-refractivity contribution < 1.29 is 13.2 Å². The second-order valence-corrected chi connectivity index (χ2v) is 10.4. The van der Waals surface area contributed by atoms with Gasteiger partial charge in [0.1, 0.15) is 0 Å².